The zero-order valence-corrected chi connectivity index (χ0v) is 7.29. The van der Waals surface area contributed by atoms with Crippen LogP contribution in [0.3, 0.4) is 0 Å². The van der Waals surface area contributed by atoms with Gasteiger partial charge < -0.3 is 10.1 Å². The Morgan fingerprint density at radius 2 is 2.42 bits per heavy atom. The molecule has 64 valence electrons. The maximum absolute atomic E-state index is 5.47. The average molecular weight is 164 g/mol. The molecular formula is C9H12N2O. The summed E-state index contributed by atoms with van der Waals surface area (Å²) >= 11 is 0. The summed E-state index contributed by atoms with van der Waals surface area (Å²) in [6, 6.07) is 3.87. The molecule has 12 heavy (non-hydrogen) atoms. The first kappa shape index (κ1) is 7.40. The van der Waals surface area contributed by atoms with Gasteiger partial charge in [0.1, 0.15) is 6.61 Å². The van der Waals surface area contributed by atoms with E-state index in [0.717, 1.165) is 5.69 Å². The largest absolute Gasteiger partial charge is 0.474 e. The van der Waals surface area contributed by atoms with Crippen LogP contribution in [0.25, 0.3) is 0 Å². The molecule has 1 aliphatic rings. The molecule has 3 heteroatoms. The van der Waals surface area contributed by atoms with E-state index in [9.17, 15) is 0 Å². The minimum atomic E-state index is 0.00995. The number of hydrogen-bond acceptors (Lipinski definition) is 3. The SMILES string of the molecule is CC1(C)COc2ncccc2N1. The molecule has 2 heterocycles. The summed E-state index contributed by atoms with van der Waals surface area (Å²) in [6.45, 7) is 4.86. The van der Waals surface area contributed by atoms with Gasteiger partial charge in [0.15, 0.2) is 0 Å². The van der Waals surface area contributed by atoms with Crippen LogP contribution in [0.15, 0.2) is 18.3 Å². The number of fused-ring (bicyclic) bond motifs is 1. The Balaban J connectivity index is 2.35. The Morgan fingerprint density at radius 3 is 3.25 bits per heavy atom. The summed E-state index contributed by atoms with van der Waals surface area (Å²) < 4.78 is 5.47. The van der Waals surface area contributed by atoms with Crippen molar-refractivity contribution in [2.45, 2.75) is 19.4 Å². The number of aromatic nitrogens is 1. The van der Waals surface area contributed by atoms with E-state index in [2.05, 4.69) is 24.1 Å². The Labute approximate surface area is 71.8 Å². The fourth-order valence-corrected chi connectivity index (χ4v) is 1.25. The lowest BCUT2D eigenvalue weighted by Crippen LogP contribution is -2.41. The van der Waals surface area contributed by atoms with Crippen molar-refractivity contribution < 1.29 is 4.74 Å². The van der Waals surface area contributed by atoms with Gasteiger partial charge in [-0.15, -0.1) is 0 Å². The van der Waals surface area contributed by atoms with Crippen LogP contribution in [-0.2, 0) is 0 Å². The predicted octanol–water partition coefficient (Wildman–Crippen LogP) is 1.66. The average Bonchev–Trinajstić information content (AvgIpc) is 2.02. The molecule has 0 aliphatic carbocycles. The highest BCUT2D eigenvalue weighted by Crippen LogP contribution is 2.29. The lowest BCUT2D eigenvalue weighted by atomic mass is 10.1. The topological polar surface area (TPSA) is 34.1 Å². The van der Waals surface area contributed by atoms with E-state index in [1.54, 1.807) is 6.20 Å². The van der Waals surface area contributed by atoms with Crippen LogP contribution in [0.5, 0.6) is 5.88 Å². The van der Waals surface area contributed by atoms with E-state index in [-0.39, 0.29) is 5.54 Å². The second-order valence-electron chi connectivity index (χ2n) is 3.65. The van der Waals surface area contributed by atoms with Gasteiger partial charge in [-0.1, -0.05) is 0 Å². The molecule has 3 nitrogen and oxygen atoms in total. The van der Waals surface area contributed by atoms with Gasteiger partial charge in [-0.3, -0.25) is 0 Å². The molecule has 0 unspecified atom stereocenters. The molecule has 0 aromatic carbocycles. The number of anilines is 1. The lowest BCUT2D eigenvalue weighted by molar-refractivity contribution is 0.233. The lowest BCUT2D eigenvalue weighted by Gasteiger charge is -2.32. The summed E-state index contributed by atoms with van der Waals surface area (Å²) in [7, 11) is 0. The smallest absolute Gasteiger partial charge is 0.237 e. The molecule has 1 aliphatic heterocycles. The van der Waals surface area contributed by atoms with Crippen LogP contribution in [0.4, 0.5) is 5.69 Å². The molecule has 1 N–H and O–H groups in total. The minimum absolute atomic E-state index is 0.00995. The molecule has 0 amide bonds. The van der Waals surface area contributed by atoms with Gasteiger partial charge in [-0.05, 0) is 26.0 Å². The van der Waals surface area contributed by atoms with E-state index in [1.807, 2.05) is 12.1 Å². The van der Waals surface area contributed by atoms with Gasteiger partial charge >= 0.3 is 0 Å². The van der Waals surface area contributed by atoms with Crippen LogP contribution in [0.1, 0.15) is 13.8 Å². The predicted molar refractivity (Wildman–Crippen MR) is 47.4 cm³/mol. The fraction of sp³-hybridized carbons (Fsp3) is 0.444. The van der Waals surface area contributed by atoms with Crippen LogP contribution in [0.2, 0.25) is 0 Å². The van der Waals surface area contributed by atoms with Crippen molar-refractivity contribution in [3.8, 4) is 5.88 Å². The first-order chi connectivity index (χ1) is 5.67. The van der Waals surface area contributed by atoms with Gasteiger partial charge in [0, 0.05) is 6.20 Å². The summed E-state index contributed by atoms with van der Waals surface area (Å²) in [5.74, 6) is 0.705. The van der Waals surface area contributed by atoms with Gasteiger partial charge in [-0.25, -0.2) is 4.98 Å². The van der Waals surface area contributed by atoms with E-state index < -0.39 is 0 Å². The van der Waals surface area contributed by atoms with Crippen molar-refractivity contribution in [1.82, 2.24) is 4.98 Å². The van der Waals surface area contributed by atoms with E-state index in [4.69, 9.17) is 4.74 Å². The molecule has 0 atom stereocenters. The normalized spacial score (nSPS) is 18.8. The maximum atomic E-state index is 5.47. The molecule has 0 saturated carbocycles. The summed E-state index contributed by atoms with van der Waals surface area (Å²) in [5, 5.41) is 3.35. The molecule has 0 bridgehead atoms. The third kappa shape index (κ3) is 1.22. The van der Waals surface area contributed by atoms with Crippen LogP contribution < -0.4 is 10.1 Å². The Bertz CT molecular complexity index is 296. The van der Waals surface area contributed by atoms with Crippen LogP contribution in [-0.4, -0.2) is 17.1 Å². The number of nitrogens with one attached hydrogen (secondary N) is 1. The number of ether oxygens (including phenoxy) is 1. The summed E-state index contributed by atoms with van der Waals surface area (Å²) in [6.07, 6.45) is 1.73. The third-order valence-corrected chi connectivity index (χ3v) is 1.81. The third-order valence-electron chi connectivity index (χ3n) is 1.81. The van der Waals surface area contributed by atoms with Gasteiger partial charge in [0.2, 0.25) is 5.88 Å². The molecule has 1 aromatic heterocycles. The zero-order valence-electron chi connectivity index (χ0n) is 7.29. The number of nitrogens with zero attached hydrogens (tertiary/aromatic N) is 1. The molecular weight excluding hydrogens is 152 g/mol. The maximum Gasteiger partial charge on any atom is 0.237 e. The first-order valence-electron chi connectivity index (χ1n) is 4.03. The second kappa shape index (κ2) is 2.37. The second-order valence-corrected chi connectivity index (χ2v) is 3.65. The van der Waals surface area contributed by atoms with Crippen molar-refractivity contribution in [1.29, 1.82) is 0 Å². The zero-order chi connectivity index (χ0) is 8.60. The molecule has 0 fully saturated rings. The van der Waals surface area contributed by atoms with Crippen molar-refractivity contribution in [3.63, 3.8) is 0 Å². The number of hydrogen-bond donors (Lipinski definition) is 1. The molecule has 2 rings (SSSR count). The number of pyridine rings is 1. The monoisotopic (exact) mass is 164 g/mol. The highest BCUT2D eigenvalue weighted by molar-refractivity contribution is 5.55. The standard InChI is InChI=1S/C9H12N2O/c1-9(2)6-12-8-7(11-9)4-3-5-10-8/h3-5,11H,6H2,1-2H3. The Kier molecular flexibility index (Phi) is 1.46. The summed E-state index contributed by atoms with van der Waals surface area (Å²) in [5.41, 5.74) is 0.990. The Hall–Kier alpha value is -1.25. The van der Waals surface area contributed by atoms with Crippen molar-refractivity contribution in [2.24, 2.45) is 0 Å². The highest BCUT2D eigenvalue weighted by atomic mass is 16.5. The molecule has 0 spiro atoms. The van der Waals surface area contributed by atoms with E-state index >= 15 is 0 Å². The van der Waals surface area contributed by atoms with Crippen molar-refractivity contribution in [3.05, 3.63) is 18.3 Å². The van der Waals surface area contributed by atoms with Gasteiger partial charge in [0.25, 0.3) is 0 Å². The molecule has 0 saturated heterocycles. The van der Waals surface area contributed by atoms with Crippen molar-refractivity contribution >= 4 is 5.69 Å². The van der Waals surface area contributed by atoms with E-state index in [1.165, 1.54) is 0 Å². The summed E-state index contributed by atoms with van der Waals surface area (Å²) in [4.78, 5) is 4.10. The fourth-order valence-electron chi connectivity index (χ4n) is 1.25. The quantitative estimate of drug-likeness (QED) is 0.633. The van der Waals surface area contributed by atoms with Gasteiger partial charge in [-0.2, -0.15) is 0 Å². The van der Waals surface area contributed by atoms with Gasteiger partial charge in [0.05, 0.1) is 11.2 Å². The van der Waals surface area contributed by atoms with E-state index in [0.29, 0.717) is 12.5 Å². The molecule has 1 aromatic rings. The van der Waals surface area contributed by atoms with Crippen LogP contribution in [0, 0.1) is 0 Å². The number of rotatable bonds is 0. The first-order valence-corrected chi connectivity index (χ1v) is 4.03. The minimum Gasteiger partial charge on any atom is -0.474 e. The van der Waals surface area contributed by atoms with Crippen molar-refractivity contribution in [2.75, 3.05) is 11.9 Å². The highest BCUT2D eigenvalue weighted by Gasteiger charge is 2.25. The van der Waals surface area contributed by atoms with Crippen LogP contribution >= 0.6 is 0 Å². The molecule has 0 radical (unpaired) electrons. The Morgan fingerprint density at radius 1 is 1.58 bits per heavy atom.